The maximum Gasteiger partial charge on any atom is 0.134 e. The molecule has 0 N–H and O–H groups in total. The lowest BCUT2D eigenvalue weighted by Gasteiger charge is -2.15. The molecule has 4 rings (SSSR count). The third kappa shape index (κ3) is 6.78. The van der Waals surface area contributed by atoms with E-state index in [1.807, 2.05) is 12.1 Å². The fourth-order valence-electron chi connectivity index (χ4n) is 4.59. The van der Waals surface area contributed by atoms with Gasteiger partial charge in [0.1, 0.15) is 5.78 Å². The summed E-state index contributed by atoms with van der Waals surface area (Å²) in [6.07, 6.45) is 3.06. The molecule has 2 unspecified atom stereocenters. The number of ketones is 1. The standard InChI is InChI=1S/C33H34O/c1-25(31-17-13-29(14-18-31)23-27-9-5-3-6-10-27)21-33(34)22-26(2)32-19-15-30(16-20-32)24-28-11-7-4-8-12-28/h3-20,25-26H,21-24H2,1-2H3. The number of carbonyl (C=O) groups is 1. The van der Waals surface area contributed by atoms with Gasteiger partial charge in [-0.05, 0) is 58.1 Å². The highest BCUT2D eigenvalue weighted by molar-refractivity contribution is 5.80. The van der Waals surface area contributed by atoms with Crippen LogP contribution in [0.25, 0.3) is 0 Å². The Labute approximate surface area is 204 Å². The van der Waals surface area contributed by atoms with E-state index in [4.69, 9.17) is 0 Å². The molecule has 0 heterocycles. The number of hydrogen-bond acceptors (Lipinski definition) is 1. The Morgan fingerprint density at radius 3 is 1.18 bits per heavy atom. The van der Waals surface area contributed by atoms with Gasteiger partial charge in [-0.1, -0.05) is 123 Å². The summed E-state index contributed by atoms with van der Waals surface area (Å²) in [5.41, 5.74) is 7.72. The smallest absolute Gasteiger partial charge is 0.134 e. The lowest BCUT2D eigenvalue weighted by Crippen LogP contribution is -2.08. The molecular formula is C33H34O. The van der Waals surface area contributed by atoms with Crippen LogP contribution in [0.1, 0.15) is 71.9 Å². The minimum absolute atomic E-state index is 0.235. The predicted molar refractivity (Wildman–Crippen MR) is 142 cm³/mol. The van der Waals surface area contributed by atoms with Crippen LogP contribution in [0.15, 0.2) is 109 Å². The maximum atomic E-state index is 12.8. The third-order valence-corrected chi connectivity index (χ3v) is 6.67. The highest BCUT2D eigenvalue weighted by Crippen LogP contribution is 2.26. The van der Waals surface area contributed by atoms with Crippen molar-refractivity contribution in [3.8, 4) is 0 Å². The minimum Gasteiger partial charge on any atom is -0.300 e. The van der Waals surface area contributed by atoms with Gasteiger partial charge in [-0.3, -0.25) is 4.79 Å². The number of benzene rings is 4. The summed E-state index contributed by atoms with van der Waals surface area (Å²) >= 11 is 0. The van der Waals surface area contributed by atoms with Crippen LogP contribution < -0.4 is 0 Å². The van der Waals surface area contributed by atoms with Gasteiger partial charge in [-0.25, -0.2) is 0 Å². The number of carbonyl (C=O) groups excluding carboxylic acids is 1. The van der Waals surface area contributed by atoms with Gasteiger partial charge >= 0.3 is 0 Å². The molecule has 0 saturated carbocycles. The van der Waals surface area contributed by atoms with E-state index >= 15 is 0 Å². The first-order chi connectivity index (χ1) is 16.6. The molecule has 0 fully saturated rings. The Morgan fingerprint density at radius 1 is 0.500 bits per heavy atom. The highest BCUT2D eigenvalue weighted by Gasteiger charge is 2.16. The van der Waals surface area contributed by atoms with E-state index in [0.717, 1.165) is 12.8 Å². The second-order valence-electron chi connectivity index (χ2n) is 9.56. The van der Waals surface area contributed by atoms with Crippen molar-refractivity contribution >= 4 is 5.78 Å². The molecule has 0 spiro atoms. The fourth-order valence-corrected chi connectivity index (χ4v) is 4.59. The van der Waals surface area contributed by atoms with E-state index in [0.29, 0.717) is 18.6 Å². The lowest BCUT2D eigenvalue weighted by atomic mass is 9.89. The van der Waals surface area contributed by atoms with E-state index in [9.17, 15) is 4.79 Å². The first-order valence-corrected chi connectivity index (χ1v) is 12.3. The van der Waals surface area contributed by atoms with Crippen LogP contribution in [-0.2, 0) is 17.6 Å². The van der Waals surface area contributed by atoms with Crippen LogP contribution in [0.4, 0.5) is 0 Å². The average Bonchev–Trinajstić information content (AvgIpc) is 2.86. The molecule has 2 atom stereocenters. The Morgan fingerprint density at radius 2 is 0.824 bits per heavy atom. The van der Waals surface area contributed by atoms with Crippen molar-refractivity contribution in [2.45, 2.75) is 51.4 Å². The molecule has 0 radical (unpaired) electrons. The Bertz CT molecular complexity index is 1060. The molecule has 1 nitrogen and oxygen atoms in total. The van der Waals surface area contributed by atoms with Gasteiger partial charge in [0.05, 0.1) is 0 Å². The molecule has 0 aliphatic carbocycles. The second kappa shape index (κ2) is 11.6. The summed E-state index contributed by atoms with van der Waals surface area (Å²) < 4.78 is 0. The van der Waals surface area contributed by atoms with Gasteiger partial charge in [0.25, 0.3) is 0 Å². The van der Waals surface area contributed by atoms with Crippen LogP contribution in [0, 0.1) is 0 Å². The summed E-state index contributed by atoms with van der Waals surface area (Å²) in [4.78, 5) is 12.8. The van der Waals surface area contributed by atoms with Gasteiger partial charge in [0.2, 0.25) is 0 Å². The topological polar surface area (TPSA) is 17.1 Å². The molecule has 0 aliphatic rings. The Hall–Kier alpha value is -3.45. The third-order valence-electron chi connectivity index (χ3n) is 6.67. The Kier molecular flexibility index (Phi) is 8.09. The SMILES string of the molecule is CC(CC(=O)CC(C)c1ccc(Cc2ccccc2)cc1)c1ccc(Cc2ccccc2)cc1. The quantitative estimate of drug-likeness (QED) is 0.240. The zero-order chi connectivity index (χ0) is 23.8. The van der Waals surface area contributed by atoms with Crippen molar-refractivity contribution in [1.82, 2.24) is 0 Å². The van der Waals surface area contributed by atoms with Crippen molar-refractivity contribution in [2.75, 3.05) is 0 Å². The average molecular weight is 447 g/mol. The van der Waals surface area contributed by atoms with Crippen molar-refractivity contribution in [3.63, 3.8) is 0 Å². The molecule has 4 aromatic rings. The van der Waals surface area contributed by atoms with Crippen LogP contribution in [0.5, 0.6) is 0 Å². The zero-order valence-corrected chi connectivity index (χ0v) is 20.3. The molecule has 0 amide bonds. The van der Waals surface area contributed by atoms with E-state index in [2.05, 4.69) is 111 Å². The van der Waals surface area contributed by atoms with Gasteiger partial charge in [0.15, 0.2) is 0 Å². The lowest BCUT2D eigenvalue weighted by molar-refractivity contribution is -0.119. The molecular weight excluding hydrogens is 412 g/mol. The number of Topliss-reactive ketones (excluding diaryl/α,β-unsaturated/α-hetero) is 1. The monoisotopic (exact) mass is 446 g/mol. The largest absolute Gasteiger partial charge is 0.300 e. The minimum atomic E-state index is 0.235. The molecule has 1 heteroatoms. The van der Waals surface area contributed by atoms with Crippen LogP contribution in [-0.4, -0.2) is 5.78 Å². The van der Waals surface area contributed by atoms with E-state index < -0.39 is 0 Å². The normalized spacial score (nSPS) is 12.8. The van der Waals surface area contributed by atoms with E-state index in [1.54, 1.807) is 0 Å². The van der Waals surface area contributed by atoms with Crippen LogP contribution >= 0.6 is 0 Å². The Balaban J connectivity index is 1.27. The maximum absolute atomic E-state index is 12.8. The first-order valence-electron chi connectivity index (χ1n) is 12.3. The van der Waals surface area contributed by atoms with Crippen molar-refractivity contribution in [3.05, 3.63) is 143 Å². The predicted octanol–water partition coefficient (Wildman–Crippen LogP) is 8.12. The van der Waals surface area contributed by atoms with Crippen molar-refractivity contribution in [2.24, 2.45) is 0 Å². The molecule has 172 valence electrons. The molecule has 34 heavy (non-hydrogen) atoms. The highest BCUT2D eigenvalue weighted by atomic mass is 16.1. The van der Waals surface area contributed by atoms with Gasteiger partial charge in [0, 0.05) is 12.8 Å². The van der Waals surface area contributed by atoms with Gasteiger partial charge in [-0.15, -0.1) is 0 Å². The van der Waals surface area contributed by atoms with E-state index in [1.165, 1.54) is 33.4 Å². The molecule has 0 saturated heterocycles. The summed E-state index contributed by atoms with van der Waals surface area (Å²) in [6, 6.07) is 38.6. The number of rotatable bonds is 10. The number of hydrogen-bond donors (Lipinski definition) is 0. The first kappa shape index (κ1) is 23.7. The van der Waals surface area contributed by atoms with Crippen LogP contribution in [0.3, 0.4) is 0 Å². The van der Waals surface area contributed by atoms with Gasteiger partial charge < -0.3 is 0 Å². The van der Waals surface area contributed by atoms with Gasteiger partial charge in [-0.2, -0.15) is 0 Å². The van der Waals surface area contributed by atoms with Crippen molar-refractivity contribution in [1.29, 1.82) is 0 Å². The summed E-state index contributed by atoms with van der Waals surface area (Å²) in [5, 5.41) is 0. The second-order valence-corrected chi connectivity index (χ2v) is 9.56. The molecule has 0 aromatic heterocycles. The molecule has 0 bridgehead atoms. The molecule has 4 aromatic carbocycles. The summed E-state index contributed by atoms with van der Waals surface area (Å²) in [5.74, 6) is 0.805. The fraction of sp³-hybridized carbons (Fsp3) is 0.242. The van der Waals surface area contributed by atoms with Crippen molar-refractivity contribution < 1.29 is 4.79 Å². The van der Waals surface area contributed by atoms with Crippen LogP contribution in [0.2, 0.25) is 0 Å². The summed E-state index contributed by atoms with van der Waals surface area (Å²) in [7, 11) is 0. The summed E-state index contributed by atoms with van der Waals surface area (Å²) in [6.45, 7) is 4.32. The van der Waals surface area contributed by atoms with E-state index in [-0.39, 0.29) is 11.8 Å². The molecule has 0 aliphatic heterocycles. The zero-order valence-electron chi connectivity index (χ0n) is 20.3.